The van der Waals surface area contributed by atoms with Crippen LogP contribution in [-0.4, -0.2) is 41.1 Å². The molecule has 1 saturated heterocycles. The first kappa shape index (κ1) is 16.1. The van der Waals surface area contributed by atoms with Gasteiger partial charge in [0, 0.05) is 19.0 Å². The molecule has 1 aliphatic heterocycles. The Labute approximate surface area is 114 Å². The minimum Gasteiger partial charge on any atom is -0.481 e. The zero-order valence-electron chi connectivity index (χ0n) is 10.0. The van der Waals surface area contributed by atoms with Crippen LogP contribution in [0.3, 0.4) is 0 Å². The maximum Gasteiger partial charge on any atom is 0.394 e. The van der Waals surface area contributed by atoms with Crippen molar-refractivity contribution in [1.82, 2.24) is 4.90 Å². The quantitative estimate of drug-likeness (QED) is 0.848. The van der Waals surface area contributed by atoms with Crippen molar-refractivity contribution in [3.8, 4) is 0 Å². The summed E-state index contributed by atoms with van der Waals surface area (Å²) in [6, 6.07) is 0. The number of likely N-dealkylation sites (tertiary alicyclic amines) is 1. The number of carbonyl (C=O) groups is 2. The van der Waals surface area contributed by atoms with Crippen molar-refractivity contribution in [1.29, 1.82) is 0 Å². The number of aliphatic carboxylic acids is 1. The van der Waals surface area contributed by atoms with Crippen LogP contribution >= 0.6 is 12.4 Å². The van der Waals surface area contributed by atoms with Crippen molar-refractivity contribution in [2.75, 3.05) is 13.1 Å². The van der Waals surface area contributed by atoms with Crippen LogP contribution < -0.4 is 0 Å². The average Bonchev–Trinajstić information content (AvgIpc) is 2.57. The van der Waals surface area contributed by atoms with Gasteiger partial charge in [0.05, 0.1) is 11.8 Å². The standard InChI is InChI=1S/C11H14F3NO3.ClH/c12-11(13,14)8-5-15(4-7(8)10(17)18)9(16)6-2-1-3-6;/h6-8H,1-5H2,(H,17,18);1H/t7-,8-;/m1./s1. The van der Waals surface area contributed by atoms with Crippen molar-refractivity contribution in [3.05, 3.63) is 0 Å². The first-order valence-electron chi connectivity index (χ1n) is 5.89. The Kier molecular flexibility index (Phi) is 4.71. The molecule has 1 amide bonds. The largest absolute Gasteiger partial charge is 0.481 e. The van der Waals surface area contributed by atoms with E-state index in [-0.39, 0.29) is 30.8 Å². The van der Waals surface area contributed by atoms with E-state index < -0.39 is 30.5 Å². The number of carbonyl (C=O) groups excluding carboxylic acids is 1. The highest BCUT2D eigenvalue weighted by Crippen LogP contribution is 2.39. The van der Waals surface area contributed by atoms with Crippen molar-refractivity contribution in [2.45, 2.75) is 25.4 Å². The number of halogens is 4. The molecular weight excluding hydrogens is 287 g/mol. The predicted molar refractivity (Wildman–Crippen MR) is 61.8 cm³/mol. The second-order valence-electron chi connectivity index (χ2n) is 4.96. The van der Waals surface area contributed by atoms with Crippen LogP contribution in [0.2, 0.25) is 0 Å². The zero-order chi connectivity index (χ0) is 13.5. The summed E-state index contributed by atoms with van der Waals surface area (Å²) in [5, 5.41) is 8.82. The van der Waals surface area contributed by atoms with Crippen LogP contribution in [0.5, 0.6) is 0 Å². The second kappa shape index (κ2) is 5.56. The van der Waals surface area contributed by atoms with E-state index in [0.29, 0.717) is 12.8 Å². The molecule has 0 aromatic rings. The Hall–Kier alpha value is -0.980. The molecule has 110 valence electrons. The van der Waals surface area contributed by atoms with Gasteiger partial charge in [0.2, 0.25) is 5.91 Å². The normalized spacial score (nSPS) is 27.6. The first-order valence-corrected chi connectivity index (χ1v) is 5.89. The van der Waals surface area contributed by atoms with Crippen LogP contribution in [-0.2, 0) is 9.59 Å². The molecule has 0 aromatic heterocycles. The molecule has 1 N–H and O–H groups in total. The fourth-order valence-electron chi connectivity index (χ4n) is 2.48. The number of rotatable bonds is 2. The van der Waals surface area contributed by atoms with E-state index in [1.807, 2.05) is 0 Å². The number of carboxylic acid groups (broad SMARTS) is 1. The number of carboxylic acids is 1. The molecule has 8 heteroatoms. The molecule has 2 fully saturated rings. The smallest absolute Gasteiger partial charge is 0.394 e. The molecule has 2 atom stereocenters. The molecule has 0 unspecified atom stereocenters. The SMILES string of the molecule is Cl.O=C(O)[C@@H]1CN(C(=O)C2CCC2)C[C@H]1C(F)(F)F. The van der Waals surface area contributed by atoms with Gasteiger partial charge in [-0.2, -0.15) is 13.2 Å². The van der Waals surface area contributed by atoms with Gasteiger partial charge in [-0.05, 0) is 12.8 Å². The molecule has 1 heterocycles. The summed E-state index contributed by atoms with van der Waals surface area (Å²) in [6.07, 6.45) is -2.26. The van der Waals surface area contributed by atoms with Gasteiger partial charge in [-0.15, -0.1) is 12.4 Å². The lowest BCUT2D eigenvalue weighted by atomic mass is 9.84. The first-order chi connectivity index (χ1) is 8.30. The summed E-state index contributed by atoms with van der Waals surface area (Å²) in [6.45, 7) is -0.843. The third kappa shape index (κ3) is 3.13. The van der Waals surface area contributed by atoms with Gasteiger partial charge >= 0.3 is 12.1 Å². The fraction of sp³-hybridized carbons (Fsp3) is 0.818. The Balaban J connectivity index is 0.00000180. The lowest BCUT2D eigenvalue weighted by Gasteiger charge is -2.29. The van der Waals surface area contributed by atoms with Crippen LogP contribution in [0.1, 0.15) is 19.3 Å². The topological polar surface area (TPSA) is 57.6 Å². The summed E-state index contributed by atoms with van der Waals surface area (Å²) in [4.78, 5) is 23.7. The molecule has 0 aromatic carbocycles. The minimum atomic E-state index is -4.57. The van der Waals surface area contributed by atoms with Crippen LogP contribution in [0, 0.1) is 17.8 Å². The van der Waals surface area contributed by atoms with Crippen LogP contribution in [0.15, 0.2) is 0 Å². The Morgan fingerprint density at radius 3 is 2.05 bits per heavy atom. The van der Waals surface area contributed by atoms with Crippen LogP contribution in [0.25, 0.3) is 0 Å². The van der Waals surface area contributed by atoms with E-state index in [9.17, 15) is 22.8 Å². The summed E-state index contributed by atoms with van der Waals surface area (Å²) < 4.78 is 38.1. The number of hydrogen-bond donors (Lipinski definition) is 1. The summed E-state index contributed by atoms with van der Waals surface area (Å²) in [5.74, 6) is -5.49. The van der Waals surface area contributed by atoms with E-state index >= 15 is 0 Å². The van der Waals surface area contributed by atoms with Gasteiger partial charge in [-0.25, -0.2) is 0 Å². The number of hydrogen-bond acceptors (Lipinski definition) is 2. The average molecular weight is 302 g/mol. The molecule has 0 spiro atoms. The van der Waals surface area contributed by atoms with Crippen LogP contribution in [0.4, 0.5) is 13.2 Å². The van der Waals surface area contributed by atoms with Crippen molar-refractivity contribution in [2.24, 2.45) is 17.8 Å². The maximum absolute atomic E-state index is 12.7. The number of alkyl halides is 3. The highest BCUT2D eigenvalue weighted by Gasteiger charge is 2.54. The van der Waals surface area contributed by atoms with Crippen molar-refractivity contribution < 1.29 is 27.9 Å². The molecule has 0 radical (unpaired) electrons. The van der Waals surface area contributed by atoms with Gasteiger partial charge in [-0.1, -0.05) is 6.42 Å². The van der Waals surface area contributed by atoms with Gasteiger partial charge in [0.25, 0.3) is 0 Å². The number of nitrogens with zero attached hydrogens (tertiary/aromatic N) is 1. The molecular formula is C11H15ClF3NO3. The molecule has 1 aliphatic carbocycles. The van der Waals surface area contributed by atoms with E-state index in [0.717, 1.165) is 11.3 Å². The van der Waals surface area contributed by atoms with E-state index in [2.05, 4.69) is 0 Å². The van der Waals surface area contributed by atoms with E-state index in [1.165, 1.54) is 0 Å². The van der Waals surface area contributed by atoms with Crippen molar-refractivity contribution >= 4 is 24.3 Å². The summed E-state index contributed by atoms with van der Waals surface area (Å²) >= 11 is 0. The van der Waals surface area contributed by atoms with E-state index in [4.69, 9.17) is 5.11 Å². The third-order valence-electron chi connectivity index (χ3n) is 3.82. The Morgan fingerprint density at radius 1 is 1.16 bits per heavy atom. The Bertz CT molecular complexity index is 371. The summed E-state index contributed by atoms with van der Waals surface area (Å²) in [7, 11) is 0. The summed E-state index contributed by atoms with van der Waals surface area (Å²) in [5.41, 5.74) is 0. The van der Waals surface area contributed by atoms with Gasteiger partial charge in [-0.3, -0.25) is 9.59 Å². The predicted octanol–water partition coefficient (Wildman–Crippen LogP) is 1.93. The third-order valence-corrected chi connectivity index (χ3v) is 3.82. The second-order valence-corrected chi connectivity index (χ2v) is 4.96. The highest BCUT2D eigenvalue weighted by atomic mass is 35.5. The zero-order valence-corrected chi connectivity index (χ0v) is 10.8. The van der Waals surface area contributed by atoms with E-state index in [1.54, 1.807) is 0 Å². The monoisotopic (exact) mass is 301 g/mol. The van der Waals surface area contributed by atoms with Crippen molar-refractivity contribution in [3.63, 3.8) is 0 Å². The molecule has 2 rings (SSSR count). The van der Waals surface area contributed by atoms with Gasteiger partial charge < -0.3 is 10.0 Å². The molecule has 1 saturated carbocycles. The van der Waals surface area contributed by atoms with Gasteiger partial charge in [0.1, 0.15) is 0 Å². The lowest BCUT2D eigenvalue weighted by Crippen LogP contribution is -2.38. The highest BCUT2D eigenvalue weighted by molar-refractivity contribution is 5.85. The molecule has 0 bridgehead atoms. The lowest BCUT2D eigenvalue weighted by molar-refractivity contribution is -0.188. The molecule has 4 nitrogen and oxygen atoms in total. The maximum atomic E-state index is 12.7. The molecule has 2 aliphatic rings. The van der Waals surface area contributed by atoms with Gasteiger partial charge in [0.15, 0.2) is 0 Å². The number of amides is 1. The molecule has 19 heavy (non-hydrogen) atoms. The fourth-order valence-corrected chi connectivity index (χ4v) is 2.48. The Morgan fingerprint density at radius 2 is 1.74 bits per heavy atom. The minimum absolute atomic E-state index is 0.